The largest absolute Gasteiger partial charge is 0.366 e. The Morgan fingerprint density at radius 3 is 1.37 bits per heavy atom. The number of hydrogen-bond acceptors (Lipinski definition) is 2. The van der Waals surface area contributed by atoms with Gasteiger partial charge in [0.15, 0.2) is 0 Å². The van der Waals surface area contributed by atoms with E-state index in [1.54, 1.807) is 0 Å². The second-order valence-corrected chi connectivity index (χ2v) is 6.68. The van der Waals surface area contributed by atoms with Crippen molar-refractivity contribution in [3.05, 3.63) is 0 Å². The highest BCUT2D eigenvalue weighted by molar-refractivity contribution is 7.80. The Hall–Kier alpha value is -0.220. The minimum atomic E-state index is 1.04. The highest BCUT2D eigenvalue weighted by Crippen LogP contribution is 2.15. The van der Waals surface area contributed by atoms with Crippen LogP contribution in [-0.2, 0) is 0 Å². The van der Waals surface area contributed by atoms with Gasteiger partial charge in [-0.15, -0.1) is 0 Å². The van der Waals surface area contributed by atoms with E-state index in [4.69, 9.17) is 24.4 Å². The van der Waals surface area contributed by atoms with Crippen LogP contribution >= 0.6 is 24.4 Å². The average molecular weight is 299 g/mol. The van der Waals surface area contributed by atoms with Crippen LogP contribution in [0.15, 0.2) is 0 Å². The molecule has 0 aliphatic carbocycles. The van der Waals surface area contributed by atoms with E-state index >= 15 is 0 Å². The maximum absolute atomic E-state index is 5.55. The molecule has 0 spiro atoms. The van der Waals surface area contributed by atoms with Gasteiger partial charge in [0, 0.05) is 26.2 Å². The lowest BCUT2D eigenvalue weighted by molar-refractivity contribution is 0.337. The van der Waals surface area contributed by atoms with E-state index in [0.717, 1.165) is 19.3 Å². The van der Waals surface area contributed by atoms with Gasteiger partial charge in [0.2, 0.25) is 0 Å². The van der Waals surface area contributed by atoms with Gasteiger partial charge in [0.25, 0.3) is 0 Å². The summed E-state index contributed by atoms with van der Waals surface area (Å²) >= 11 is 11.1. The van der Waals surface area contributed by atoms with E-state index in [2.05, 4.69) is 9.80 Å². The third-order valence-electron chi connectivity index (χ3n) is 4.20. The third kappa shape index (κ3) is 4.99. The standard InChI is InChI=1S/C15H26N2S2/c18-14(16-10-3-1-4-11-16)8-7-9-15(19)17-12-5-2-6-13-17/h1-13H2. The van der Waals surface area contributed by atoms with Gasteiger partial charge in [0.05, 0.1) is 9.98 Å². The Morgan fingerprint density at radius 2 is 1.00 bits per heavy atom. The summed E-state index contributed by atoms with van der Waals surface area (Å²) in [6, 6.07) is 0. The van der Waals surface area contributed by atoms with Gasteiger partial charge in [-0.25, -0.2) is 0 Å². The summed E-state index contributed by atoms with van der Waals surface area (Å²) in [5.74, 6) is 0. The average Bonchev–Trinajstić information content (AvgIpc) is 2.49. The fraction of sp³-hybridized carbons (Fsp3) is 0.867. The Morgan fingerprint density at radius 1 is 0.632 bits per heavy atom. The number of thiocarbonyl (C=S) groups is 2. The first-order valence-electron chi connectivity index (χ1n) is 7.83. The first-order valence-corrected chi connectivity index (χ1v) is 8.64. The molecular formula is C15H26N2S2. The molecule has 108 valence electrons. The lowest BCUT2D eigenvalue weighted by atomic mass is 10.1. The maximum Gasteiger partial charge on any atom is 0.0779 e. The molecule has 2 saturated heterocycles. The fourth-order valence-corrected chi connectivity index (χ4v) is 3.65. The van der Waals surface area contributed by atoms with Crippen LogP contribution in [-0.4, -0.2) is 46.0 Å². The molecular weight excluding hydrogens is 272 g/mol. The quantitative estimate of drug-likeness (QED) is 0.728. The number of rotatable bonds is 4. The zero-order chi connectivity index (χ0) is 13.5. The topological polar surface area (TPSA) is 6.48 Å². The lowest BCUT2D eigenvalue weighted by Crippen LogP contribution is -2.35. The summed E-state index contributed by atoms with van der Waals surface area (Å²) in [6.45, 7) is 4.70. The number of likely N-dealkylation sites (tertiary alicyclic amines) is 2. The first kappa shape index (κ1) is 15.2. The van der Waals surface area contributed by atoms with Crippen molar-refractivity contribution >= 4 is 34.4 Å². The van der Waals surface area contributed by atoms with Crippen LogP contribution in [0.3, 0.4) is 0 Å². The van der Waals surface area contributed by atoms with Gasteiger partial charge in [-0.2, -0.15) is 0 Å². The molecule has 2 aliphatic rings. The van der Waals surface area contributed by atoms with Gasteiger partial charge in [-0.3, -0.25) is 0 Å². The van der Waals surface area contributed by atoms with Crippen molar-refractivity contribution < 1.29 is 0 Å². The van der Waals surface area contributed by atoms with Crippen molar-refractivity contribution in [2.75, 3.05) is 26.2 Å². The molecule has 2 heterocycles. The summed E-state index contributed by atoms with van der Waals surface area (Å²) in [7, 11) is 0. The van der Waals surface area contributed by atoms with E-state index in [-0.39, 0.29) is 0 Å². The Labute approximate surface area is 128 Å². The molecule has 0 saturated carbocycles. The molecule has 2 rings (SSSR count). The first-order chi connectivity index (χ1) is 9.27. The maximum atomic E-state index is 5.55. The van der Waals surface area contributed by atoms with Gasteiger partial charge in [-0.05, 0) is 57.8 Å². The van der Waals surface area contributed by atoms with Crippen molar-refractivity contribution in [3.8, 4) is 0 Å². The SMILES string of the molecule is S=C(CCCC(=S)N1CCCCC1)N1CCCCC1. The summed E-state index contributed by atoms with van der Waals surface area (Å²) in [5, 5.41) is 0. The predicted octanol–water partition coefficient (Wildman–Crippen LogP) is 3.78. The molecule has 0 atom stereocenters. The number of hydrogen-bond donors (Lipinski definition) is 0. The zero-order valence-corrected chi connectivity index (χ0v) is 13.5. The highest BCUT2D eigenvalue weighted by Gasteiger charge is 2.15. The summed E-state index contributed by atoms with van der Waals surface area (Å²) in [4.78, 5) is 7.15. The molecule has 2 aliphatic heterocycles. The van der Waals surface area contributed by atoms with Gasteiger partial charge in [0.1, 0.15) is 0 Å². The smallest absolute Gasteiger partial charge is 0.0779 e. The Kier molecular flexibility index (Phi) is 6.51. The number of nitrogens with zero attached hydrogens (tertiary/aromatic N) is 2. The van der Waals surface area contributed by atoms with Crippen LogP contribution in [0.25, 0.3) is 0 Å². The minimum Gasteiger partial charge on any atom is -0.366 e. The van der Waals surface area contributed by atoms with Crippen LogP contribution in [0.1, 0.15) is 57.8 Å². The summed E-state index contributed by atoms with van der Waals surface area (Å²) in [6.07, 6.45) is 11.2. The third-order valence-corrected chi connectivity index (χ3v) is 5.12. The van der Waals surface area contributed by atoms with Crippen molar-refractivity contribution in [2.45, 2.75) is 57.8 Å². The second-order valence-electron chi connectivity index (χ2n) is 5.74. The van der Waals surface area contributed by atoms with E-state index in [1.165, 1.54) is 74.7 Å². The molecule has 0 bridgehead atoms. The summed E-state index contributed by atoms with van der Waals surface area (Å²) < 4.78 is 0. The number of piperidine rings is 2. The van der Waals surface area contributed by atoms with E-state index < -0.39 is 0 Å². The van der Waals surface area contributed by atoms with Crippen molar-refractivity contribution in [3.63, 3.8) is 0 Å². The zero-order valence-electron chi connectivity index (χ0n) is 11.9. The van der Waals surface area contributed by atoms with Gasteiger partial charge >= 0.3 is 0 Å². The predicted molar refractivity (Wildman–Crippen MR) is 89.9 cm³/mol. The highest BCUT2D eigenvalue weighted by atomic mass is 32.1. The molecule has 2 nitrogen and oxygen atoms in total. The lowest BCUT2D eigenvalue weighted by Gasteiger charge is -2.30. The monoisotopic (exact) mass is 298 g/mol. The van der Waals surface area contributed by atoms with Gasteiger partial charge < -0.3 is 9.80 Å². The van der Waals surface area contributed by atoms with Crippen molar-refractivity contribution in [1.29, 1.82) is 0 Å². The van der Waals surface area contributed by atoms with Crippen LogP contribution in [0, 0.1) is 0 Å². The van der Waals surface area contributed by atoms with Crippen molar-refractivity contribution in [1.82, 2.24) is 9.80 Å². The Bertz CT molecular complexity index is 275. The van der Waals surface area contributed by atoms with Crippen LogP contribution in [0.4, 0.5) is 0 Å². The van der Waals surface area contributed by atoms with Crippen LogP contribution in [0.2, 0.25) is 0 Å². The Balaban J connectivity index is 1.62. The van der Waals surface area contributed by atoms with E-state index in [9.17, 15) is 0 Å². The second kappa shape index (κ2) is 8.15. The van der Waals surface area contributed by atoms with E-state index in [0.29, 0.717) is 0 Å². The van der Waals surface area contributed by atoms with Crippen molar-refractivity contribution in [2.24, 2.45) is 0 Å². The van der Waals surface area contributed by atoms with Gasteiger partial charge in [-0.1, -0.05) is 24.4 Å². The molecule has 0 aromatic heterocycles. The molecule has 0 N–H and O–H groups in total. The molecule has 0 aromatic rings. The fourth-order valence-electron chi connectivity index (χ4n) is 2.99. The molecule has 19 heavy (non-hydrogen) atoms. The van der Waals surface area contributed by atoms with Crippen LogP contribution < -0.4 is 0 Å². The summed E-state index contributed by atoms with van der Waals surface area (Å²) in [5.41, 5.74) is 0. The minimum absolute atomic E-state index is 1.04. The normalized spacial score (nSPS) is 20.4. The molecule has 0 unspecified atom stereocenters. The molecule has 0 aromatic carbocycles. The molecule has 0 amide bonds. The van der Waals surface area contributed by atoms with Crippen LogP contribution in [0.5, 0.6) is 0 Å². The molecule has 2 fully saturated rings. The molecule has 0 radical (unpaired) electrons. The van der Waals surface area contributed by atoms with E-state index in [1.807, 2.05) is 0 Å². The molecule has 4 heteroatoms.